The third-order valence-electron chi connectivity index (χ3n) is 8.72. The molecule has 0 radical (unpaired) electrons. The van der Waals surface area contributed by atoms with Crippen molar-refractivity contribution < 1.29 is 9.90 Å². The average Bonchev–Trinajstić information content (AvgIpc) is 3.41. The van der Waals surface area contributed by atoms with Gasteiger partial charge in [-0.1, -0.05) is 73.7 Å². The third-order valence-corrected chi connectivity index (χ3v) is 8.72. The molecule has 3 fully saturated rings. The minimum atomic E-state index is -0.968. The number of hydrogen-bond donors (Lipinski definition) is 1. The number of carbonyl (C=O) groups is 1. The zero-order valence-corrected chi connectivity index (χ0v) is 20.4. The van der Waals surface area contributed by atoms with E-state index in [4.69, 9.17) is 5.10 Å². The van der Waals surface area contributed by atoms with E-state index in [1.54, 1.807) is 6.20 Å². The molecule has 1 aromatic heterocycles. The second-order valence-electron chi connectivity index (χ2n) is 10.8. The fourth-order valence-corrected chi connectivity index (χ4v) is 6.84. The molecular formula is C28H40N4O2. The van der Waals surface area contributed by atoms with Gasteiger partial charge in [-0.25, -0.2) is 4.79 Å². The van der Waals surface area contributed by atoms with Crippen LogP contribution >= 0.6 is 0 Å². The minimum absolute atomic E-state index is 0.151. The lowest BCUT2D eigenvalue weighted by molar-refractivity contribution is -0.102. The van der Waals surface area contributed by atoms with Crippen molar-refractivity contribution in [2.45, 2.75) is 102 Å². The Labute approximate surface area is 203 Å². The van der Waals surface area contributed by atoms with E-state index in [1.165, 1.54) is 48.9 Å². The number of aliphatic hydroxyl groups is 1. The van der Waals surface area contributed by atoms with Gasteiger partial charge in [0.2, 0.25) is 0 Å². The highest BCUT2D eigenvalue weighted by Gasteiger charge is 2.48. The van der Waals surface area contributed by atoms with Gasteiger partial charge in [0.05, 0.1) is 6.20 Å². The molecule has 2 aromatic rings. The second-order valence-corrected chi connectivity index (χ2v) is 10.8. The fraction of sp³-hybridized carbons (Fsp3) is 0.679. The van der Waals surface area contributed by atoms with E-state index in [0.29, 0.717) is 5.69 Å². The first-order valence-electron chi connectivity index (χ1n) is 13.7. The van der Waals surface area contributed by atoms with Crippen molar-refractivity contribution in [2.24, 2.45) is 11.8 Å². The largest absolute Gasteiger partial charge is 0.383 e. The zero-order chi connectivity index (χ0) is 23.4. The van der Waals surface area contributed by atoms with Crippen LogP contribution in [-0.2, 0) is 12.0 Å². The fourth-order valence-electron chi connectivity index (χ4n) is 6.84. The summed E-state index contributed by atoms with van der Waals surface area (Å²) in [4.78, 5) is 16.8. The quantitative estimate of drug-likeness (QED) is 0.617. The standard InChI is InChI=1S/C28H40N4O2/c33-27(31-19-11-10-18-25(31)20-22-12-4-1-5-13-22)32-29-21-26(30-32)28(34,23-14-6-2-7-15-23)24-16-8-3-9-17-24/h1,4-5,12-13,21,23-25,34H,2-3,6-11,14-20H2. The Morgan fingerprint density at radius 3 is 2.15 bits per heavy atom. The Hall–Kier alpha value is -2.21. The van der Waals surface area contributed by atoms with E-state index in [-0.39, 0.29) is 23.9 Å². The zero-order valence-electron chi connectivity index (χ0n) is 20.4. The van der Waals surface area contributed by atoms with Crippen molar-refractivity contribution in [3.63, 3.8) is 0 Å². The van der Waals surface area contributed by atoms with Crippen LogP contribution in [0.5, 0.6) is 0 Å². The van der Waals surface area contributed by atoms with Crippen molar-refractivity contribution in [3.8, 4) is 0 Å². The third kappa shape index (κ3) is 4.79. The molecule has 1 saturated heterocycles. The summed E-state index contributed by atoms with van der Waals surface area (Å²) in [7, 11) is 0. The molecule has 34 heavy (non-hydrogen) atoms. The van der Waals surface area contributed by atoms with E-state index in [9.17, 15) is 9.90 Å². The first kappa shape index (κ1) is 23.5. The molecule has 6 nitrogen and oxygen atoms in total. The molecule has 6 heteroatoms. The lowest BCUT2D eigenvalue weighted by atomic mass is 9.65. The predicted molar refractivity (Wildman–Crippen MR) is 132 cm³/mol. The van der Waals surface area contributed by atoms with Crippen LogP contribution in [0.15, 0.2) is 36.5 Å². The Balaban J connectivity index is 1.38. The number of carbonyl (C=O) groups excluding carboxylic acids is 1. The summed E-state index contributed by atoms with van der Waals surface area (Å²) in [6, 6.07) is 10.4. The van der Waals surface area contributed by atoms with Gasteiger partial charge in [0.25, 0.3) is 0 Å². The molecule has 0 spiro atoms. The van der Waals surface area contributed by atoms with Gasteiger partial charge in [0.1, 0.15) is 11.3 Å². The number of amides is 1. The van der Waals surface area contributed by atoms with Crippen LogP contribution in [0.2, 0.25) is 0 Å². The van der Waals surface area contributed by atoms with Crippen LogP contribution in [0.3, 0.4) is 0 Å². The van der Waals surface area contributed by atoms with E-state index in [1.807, 2.05) is 11.0 Å². The van der Waals surface area contributed by atoms with Crippen molar-refractivity contribution in [1.82, 2.24) is 19.9 Å². The molecule has 2 saturated carbocycles. The lowest BCUT2D eigenvalue weighted by Gasteiger charge is -2.44. The van der Waals surface area contributed by atoms with Crippen molar-refractivity contribution in [3.05, 3.63) is 47.8 Å². The van der Waals surface area contributed by atoms with Gasteiger partial charge in [0, 0.05) is 12.6 Å². The van der Waals surface area contributed by atoms with Crippen LogP contribution in [0.25, 0.3) is 0 Å². The highest BCUT2D eigenvalue weighted by molar-refractivity contribution is 5.75. The summed E-state index contributed by atoms with van der Waals surface area (Å²) in [5.41, 5.74) is 0.909. The molecule has 2 aliphatic carbocycles. The molecule has 3 aliphatic rings. The summed E-state index contributed by atoms with van der Waals surface area (Å²) in [5, 5.41) is 21.4. The molecule has 1 amide bonds. The SMILES string of the molecule is O=C(N1CCCCC1Cc1ccccc1)n1ncc(C(O)(C2CCCCC2)C2CCCCC2)n1. The molecule has 1 unspecified atom stereocenters. The Bertz CT molecular complexity index is 913. The molecule has 1 N–H and O–H groups in total. The van der Waals surface area contributed by atoms with Gasteiger partial charge in [-0.05, 0) is 68.8 Å². The Morgan fingerprint density at radius 1 is 0.882 bits per heavy atom. The van der Waals surface area contributed by atoms with Crippen LogP contribution in [0, 0.1) is 11.8 Å². The molecule has 0 bridgehead atoms. The second kappa shape index (κ2) is 10.6. The monoisotopic (exact) mass is 464 g/mol. The molecule has 1 aliphatic heterocycles. The number of rotatable bonds is 5. The van der Waals surface area contributed by atoms with E-state index >= 15 is 0 Å². The smallest absolute Gasteiger partial charge is 0.362 e. The van der Waals surface area contributed by atoms with E-state index in [0.717, 1.165) is 57.9 Å². The van der Waals surface area contributed by atoms with Gasteiger partial charge in [0.15, 0.2) is 0 Å². The maximum absolute atomic E-state index is 13.6. The Morgan fingerprint density at radius 2 is 1.50 bits per heavy atom. The first-order valence-corrected chi connectivity index (χ1v) is 13.7. The van der Waals surface area contributed by atoms with Crippen LogP contribution in [0.4, 0.5) is 4.79 Å². The Kier molecular flexibility index (Phi) is 7.33. The summed E-state index contributed by atoms with van der Waals surface area (Å²) >= 11 is 0. The van der Waals surface area contributed by atoms with Gasteiger partial charge < -0.3 is 10.0 Å². The average molecular weight is 465 g/mol. The van der Waals surface area contributed by atoms with Gasteiger partial charge in [-0.15, -0.1) is 5.10 Å². The van der Waals surface area contributed by atoms with Crippen molar-refractivity contribution in [2.75, 3.05) is 6.54 Å². The maximum atomic E-state index is 13.6. The van der Waals surface area contributed by atoms with Crippen LogP contribution in [0.1, 0.15) is 94.7 Å². The molecule has 5 rings (SSSR count). The minimum Gasteiger partial charge on any atom is -0.383 e. The number of piperidine rings is 1. The molecule has 2 heterocycles. The maximum Gasteiger partial charge on any atom is 0.362 e. The van der Waals surface area contributed by atoms with Crippen LogP contribution in [-0.4, -0.2) is 43.6 Å². The van der Waals surface area contributed by atoms with Gasteiger partial charge >= 0.3 is 6.03 Å². The van der Waals surface area contributed by atoms with Gasteiger partial charge in [-0.2, -0.15) is 5.10 Å². The molecule has 184 valence electrons. The topological polar surface area (TPSA) is 71.2 Å². The normalized spacial score (nSPS) is 23.2. The number of likely N-dealkylation sites (tertiary alicyclic amines) is 1. The van der Waals surface area contributed by atoms with Crippen molar-refractivity contribution >= 4 is 6.03 Å². The van der Waals surface area contributed by atoms with E-state index < -0.39 is 5.60 Å². The molecule has 1 atom stereocenters. The highest BCUT2D eigenvalue weighted by Crippen LogP contribution is 2.48. The number of hydrogen-bond acceptors (Lipinski definition) is 4. The number of nitrogens with zero attached hydrogens (tertiary/aromatic N) is 4. The predicted octanol–water partition coefficient (Wildman–Crippen LogP) is 5.69. The summed E-state index contributed by atoms with van der Waals surface area (Å²) < 4.78 is 0. The number of benzene rings is 1. The molecule has 1 aromatic carbocycles. The highest BCUT2D eigenvalue weighted by atomic mass is 16.3. The van der Waals surface area contributed by atoms with E-state index in [2.05, 4.69) is 29.4 Å². The van der Waals surface area contributed by atoms with Gasteiger partial charge in [-0.3, -0.25) is 0 Å². The summed E-state index contributed by atoms with van der Waals surface area (Å²) in [5.74, 6) is 0.427. The van der Waals surface area contributed by atoms with Crippen LogP contribution < -0.4 is 0 Å². The summed E-state index contributed by atoms with van der Waals surface area (Å²) in [6.45, 7) is 0.739. The lowest BCUT2D eigenvalue weighted by Crippen LogP contribution is -2.48. The van der Waals surface area contributed by atoms with Crippen molar-refractivity contribution in [1.29, 1.82) is 0 Å². The first-order chi connectivity index (χ1) is 16.7. The molecular weight excluding hydrogens is 424 g/mol. The number of aromatic nitrogens is 3. The summed E-state index contributed by atoms with van der Waals surface area (Å²) in [6.07, 6.45) is 17.0.